The van der Waals surface area contributed by atoms with E-state index in [4.69, 9.17) is 9.47 Å². The Labute approximate surface area is 108 Å². The minimum atomic E-state index is -0.876. The summed E-state index contributed by atoms with van der Waals surface area (Å²) in [4.78, 5) is 33.6. The highest BCUT2D eigenvalue weighted by Gasteiger charge is 2.26. The number of ketones is 2. The predicted molar refractivity (Wildman–Crippen MR) is 66.3 cm³/mol. The highest BCUT2D eigenvalue weighted by molar-refractivity contribution is 5.79. The lowest BCUT2D eigenvalue weighted by Crippen LogP contribution is -2.31. The molecule has 0 aliphatic carbocycles. The summed E-state index contributed by atoms with van der Waals surface area (Å²) in [7, 11) is 0. The molecule has 5 heteroatoms. The highest BCUT2D eigenvalue weighted by Crippen LogP contribution is 2.16. The standard InChI is InChI=1S/C13H22O5/c1-5-10(14)7-8-17-12(16)18-13(3,4)9-11(15)6-2/h5-9H2,1-4H3. The normalized spacial score (nSPS) is 10.9. The zero-order chi connectivity index (χ0) is 14.2. The number of hydrogen-bond acceptors (Lipinski definition) is 5. The molecule has 0 amide bonds. The van der Waals surface area contributed by atoms with Crippen molar-refractivity contribution in [2.45, 2.75) is 59.0 Å². The lowest BCUT2D eigenvalue weighted by molar-refractivity contribution is -0.123. The van der Waals surface area contributed by atoms with Crippen LogP contribution < -0.4 is 0 Å². The molecule has 0 aromatic rings. The van der Waals surface area contributed by atoms with E-state index in [-0.39, 0.29) is 31.0 Å². The largest absolute Gasteiger partial charge is 0.508 e. The van der Waals surface area contributed by atoms with Crippen LogP contribution in [-0.2, 0) is 19.1 Å². The van der Waals surface area contributed by atoms with Gasteiger partial charge in [0.05, 0.1) is 0 Å². The molecule has 0 aromatic carbocycles. The van der Waals surface area contributed by atoms with Crippen LogP contribution in [0.5, 0.6) is 0 Å². The van der Waals surface area contributed by atoms with Crippen molar-refractivity contribution in [3.05, 3.63) is 0 Å². The molecule has 0 N–H and O–H groups in total. The Kier molecular flexibility index (Phi) is 7.24. The zero-order valence-electron chi connectivity index (χ0n) is 11.6. The van der Waals surface area contributed by atoms with Gasteiger partial charge in [-0.05, 0) is 13.8 Å². The maximum atomic E-state index is 11.3. The molecule has 18 heavy (non-hydrogen) atoms. The number of Topliss-reactive ketones (excluding diaryl/α,β-unsaturated/α-hetero) is 2. The van der Waals surface area contributed by atoms with E-state index in [0.717, 1.165) is 0 Å². The predicted octanol–water partition coefficient (Wildman–Crippen LogP) is 2.66. The fourth-order valence-electron chi connectivity index (χ4n) is 1.32. The molecular formula is C13H22O5. The van der Waals surface area contributed by atoms with E-state index in [1.54, 1.807) is 27.7 Å². The number of carbonyl (C=O) groups is 3. The summed E-state index contributed by atoms with van der Waals surface area (Å²) in [6.07, 6.45) is 0.349. The molecule has 0 radical (unpaired) electrons. The lowest BCUT2D eigenvalue weighted by atomic mass is 10.0. The van der Waals surface area contributed by atoms with E-state index in [1.165, 1.54) is 0 Å². The van der Waals surface area contributed by atoms with Crippen molar-refractivity contribution in [3.63, 3.8) is 0 Å². The Bertz CT molecular complexity index is 307. The second kappa shape index (κ2) is 7.84. The summed E-state index contributed by atoms with van der Waals surface area (Å²) in [6.45, 7) is 6.83. The van der Waals surface area contributed by atoms with Gasteiger partial charge in [0, 0.05) is 25.7 Å². The Morgan fingerprint density at radius 2 is 1.56 bits per heavy atom. The molecule has 0 saturated heterocycles. The van der Waals surface area contributed by atoms with Gasteiger partial charge in [0.15, 0.2) is 0 Å². The van der Waals surface area contributed by atoms with Gasteiger partial charge in [-0.3, -0.25) is 9.59 Å². The van der Waals surface area contributed by atoms with Crippen LogP contribution in [-0.4, -0.2) is 29.9 Å². The van der Waals surface area contributed by atoms with Crippen molar-refractivity contribution in [3.8, 4) is 0 Å². The Morgan fingerprint density at radius 1 is 1.00 bits per heavy atom. The molecule has 0 bridgehead atoms. The molecule has 0 aliphatic heterocycles. The molecule has 0 heterocycles. The SMILES string of the molecule is CCC(=O)CCOC(=O)OC(C)(C)CC(=O)CC. The first-order valence-electron chi connectivity index (χ1n) is 6.20. The third kappa shape index (κ3) is 7.81. The van der Waals surface area contributed by atoms with Crippen molar-refractivity contribution in [1.29, 1.82) is 0 Å². The minimum absolute atomic E-state index is 0.0172. The van der Waals surface area contributed by atoms with Crippen LogP contribution in [0.4, 0.5) is 4.79 Å². The van der Waals surface area contributed by atoms with Crippen molar-refractivity contribution in [2.75, 3.05) is 6.61 Å². The van der Waals surface area contributed by atoms with Gasteiger partial charge in [0.1, 0.15) is 23.8 Å². The Hall–Kier alpha value is -1.39. The second-order valence-corrected chi connectivity index (χ2v) is 4.67. The summed E-state index contributed by atoms with van der Waals surface area (Å²) >= 11 is 0. The number of rotatable bonds is 8. The first-order valence-corrected chi connectivity index (χ1v) is 6.20. The molecular weight excluding hydrogens is 236 g/mol. The average molecular weight is 258 g/mol. The smallest absolute Gasteiger partial charge is 0.434 e. The quantitative estimate of drug-likeness (QED) is 0.626. The van der Waals surface area contributed by atoms with Crippen molar-refractivity contribution in [1.82, 2.24) is 0 Å². The molecule has 0 atom stereocenters. The average Bonchev–Trinajstić information content (AvgIpc) is 2.27. The molecule has 0 saturated carbocycles. The van der Waals surface area contributed by atoms with Gasteiger partial charge in [0.25, 0.3) is 0 Å². The van der Waals surface area contributed by atoms with E-state index in [2.05, 4.69) is 0 Å². The second-order valence-electron chi connectivity index (χ2n) is 4.67. The zero-order valence-corrected chi connectivity index (χ0v) is 11.6. The van der Waals surface area contributed by atoms with E-state index in [0.29, 0.717) is 12.8 Å². The number of ether oxygens (including phenoxy) is 2. The van der Waals surface area contributed by atoms with E-state index >= 15 is 0 Å². The molecule has 0 rings (SSSR count). The minimum Gasteiger partial charge on any atom is -0.434 e. The summed E-state index contributed by atoms with van der Waals surface area (Å²) < 4.78 is 9.80. The number of hydrogen-bond donors (Lipinski definition) is 0. The lowest BCUT2D eigenvalue weighted by Gasteiger charge is -2.23. The van der Waals surface area contributed by atoms with E-state index in [9.17, 15) is 14.4 Å². The van der Waals surface area contributed by atoms with Crippen molar-refractivity contribution in [2.24, 2.45) is 0 Å². The monoisotopic (exact) mass is 258 g/mol. The molecule has 0 fully saturated rings. The van der Waals surface area contributed by atoms with Gasteiger partial charge in [-0.2, -0.15) is 0 Å². The molecule has 0 aliphatic rings. The molecule has 104 valence electrons. The number of carbonyl (C=O) groups excluding carboxylic acids is 3. The van der Waals surface area contributed by atoms with Crippen molar-refractivity contribution >= 4 is 17.7 Å². The van der Waals surface area contributed by atoms with Crippen LogP contribution in [0, 0.1) is 0 Å². The van der Waals surface area contributed by atoms with E-state index in [1.807, 2.05) is 0 Å². The van der Waals surface area contributed by atoms with Crippen LogP contribution in [0.25, 0.3) is 0 Å². The summed E-state index contributed by atoms with van der Waals surface area (Å²) in [5, 5.41) is 0. The maximum Gasteiger partial charge on any atom is 0.508 e. The third-order valence-electron chi connectivity index (χ3n) is 2.37. The molecule has 0 unspecified atom stereocenters. The van der Waals surface area contributed by atoms with Gasteiger partial charge in [-0.25, -0.2) is 4.79 Å². The van der Waals surface area contributed by atoms with Crippen LogP contribution in [0.1, 0.15) is 53.4 Å². The van der Waals surface area contributed by atoms with Gasteiger partial charge >= 0.3 is 6.16 Å². The van der Waals surface area contributed by atoms with Gasteiger partial charge in [-0.1, -0.05) is 13.8 Å². The van der Waals surface area contributed by atoms with E-state index < -0.39 is 11.8 Å². The third-order valence-corrected chi connectivity index (χ3v) is 2.37. The van der Waals surface area contributed by atoms with Crippen LogP contribution >= 0.6 is 0 Å². The molecule has 0 aromatic heterocycles. The van der Waals surface area contributed by atoms with Crippen LogP contribution in [0.3, 0.4) is 0 Å². The van der Waals surface area contributed by atoms with Gasteiger partial charge in [-0.15, -0.1) is 0 Å². The summed E-state index contributed by atoms with van der Waals surface area (Å²) in [5.74, 6) is 0.0529. The van der Waals surface area contributed by atoms with Gasteiger partial charge < -0.3 is 9.47 Å². The Balaban J connectivity index is 3.99. The fourth-order valence-corrected chi connectivity index (χ4v) is 1.32. The maximum absolute atomic E-state index is 11.3. The highest BCUT2D eigenvalue weighted by atomic mass is 16.7. The molecule has 5 nitrogen and oxygen atoms in total. The first kappa shape index (κ1) is 16.6. The summed E-state index contributed by atoms with van der Waals surface area (Å²) in [5.41, 5.74) is -0.876. The van der Waals surface area contributed by atoms with Crippen LogP contribution in [0.15, 0.2) is 0 Å². The van der Waals surface area contributed by atoms with Crippen molar-refractivity contribution < 1.29 is 23.9 Å². The molecule has 0 spiro atoms. The Morgan fingerprint density at radius 3 is 2.06 bits per heavy atom. The fraction of sp³-hybridized carbons (Fsp3) is 0.769. The topological polar surface area (TPSA) is 69.7 Å². The summed E-state index contributed by atoms with van der Waals surface area (Å²) in [6, 6.07) is 0. The first-order chi connectivity index (χ1) is 8.30. The van der Waals surface area contributed by atoms with Gasteiger partial charge in [0.2, 0.25) is 0 Å². The van der Waals surface area contributed by atoms with Crippen LogP contribution in [0.2, 0.25) is 0 Å².